The van der Waals surface area contributed by atoms with Gasteiger partial charge in [0, 0.05) is 25.2 Å². The Labute approximate surface area is 142 Å². The standard InChI is InChI=1S/C18H24N4O2/c1-19-18-11-20-10-15(21-18)16-5-4-8-22(16)12-13-6-7-14(23-2)9-17(13)24-3/h6-7,9-11,16H,4-5,8,12H2,1-3H3,(H,19,21). The van der Waals surface area contributed by atoms with Gasteiger partial charge >= 0.3 is 0 Å². The summed E-state index contributed by atoms with van der Waals surface area (Å²) in [5.41, 5.74) is 2.18. The summed E-state index contributed by atoms with van der Waals surface area (Å²) >= 11 is 0. The molecule has 24 heavy (non-hydrogen) atoms. The van der Waals surface area contributed by atoms with E-state index in [1.807, 2.05) is 25.4 Å². The van der Waals surface area contributed by atoms with Crippen molar-refractivity contribution in [3.63, 3.8) is 0 Å². The Balaban J connectivity index is 1.81. The van der Waals surface area contributed by atoms with Crippen LogP contribution in [0.5, 0.6) is 11.5 Å². The van der Waals surface area contributed by atoms with Crippen molar-refractivity contribution in [2.45, 2.75) is 25.4 Å². The SMILES string of the molecule is CNc1cncc(C2CCCN2Cc2ccc(OC)cc2OC)n1. The molecule has 1 N–H and O–H groups in total. The Morgan fingerprint density at radius 2 is 2.12 bits per heavy atom. The van der Waals surface area contributed by atoms with Crippen molar-refractivity contribution < 1.29 is 9.47 Å². The quantitative estimate of drug-likeness (QED) is 0.880. The number of nitrogens with zero attached hydrogens (tertiary/aromatic N) is 3. The molecular formula is C18H24N4O2. The summed E-state index contributed by atoms with van der Waals surface area (Å²) in [4.78, 5) is 11.4. The molecule has 0 amide bonds. The van der Waals surface area contributed by atoms with Crippen LogP contribution < -0.4 is 14.8 Å². The first-order valence-electron chi connectivity index (χ1n) is 8.19. The predicted octanol–water partition coefficient (Wildman–Crippen LogP) is 2.87. The minimum absolute atomic E-state index is 0.289. The zero-order chi connectivity index (χ0) is 16.9. The Bertz CT molecular complexity index is 692. The number of likely N-dealkylation sites (tertiary alicyclic amines) is 1. The molecule has 2 heterocycles. The first kappa shape index (κ1) is 16.5. The maximum Gasteiger partial charge on any atom is 0.144 e. The number of rotatable bonds is 6. The van der Waals surface area contributed by atoms with E-state index in [-0.39, 0.29) is 6.04 Å². The van der Waals surface area contributed by atoms with Crippen molar-refractivity contribution in [3.8, 4) is 11.5 Å². The van der Waals surface area contributed by atoms with E-state index in [1.54, 1.807) is 20.4 Å². The van der Waals surface area contributed by atoms with Crippen LogP contribution in [0.15, 0.2) is 30.6 Å². The fourth-order valence-corrected chi connectivity index (χ4v) is 3.21. The number of nitrogens with one attached hydrogen (secondary N) is 1. The van der Waals surface area contributed by atoms with E-state index in [0.717, 1.165) is 54.5 Å². The van der Waals surface area contributed by atoms with Gasteiger partial charge in [-0.2, -0.15) is 0 Å². The van der Waals surface area contributed by atoms with E-state index in [9.17, 15) is 0 Å². The van der Waals surface area contributed by atoms with E-state index >= 15 is 0 Å². The number of hydrogen-bond acceptors (Lipinski definition) is 6. The largest absolute Gasteiger partial charge is 0.497 e. The Kier molecular flexibility index (Phi) is 5.15. The monoisotopic (exact) mass is 328 g/mol. The molecular weight excluding hydrogens is 304 g/mol. The molecule has 1 aliphatic rings. The van der Waals surface area contributed by atoms with E-state index in [0.29, 0.717) is 0 Å². The number of ether oxygens (including phenoxy) is 2. The summed E-state index contributed by atoms with van der Waals surface area (Å²) in [5, 5.41) is 3.06. The lowest BCUT2D eigenvalue weighted by Gasteiger charge is -2.25. The molecule has 1 unspecified atom stereocenters. The van der Waals surface area contributed by atoms with Gasteiger partial charge in [-0.3, -0.25) is 9.88 Å². The predicted molar refractivity (Wildman–Crippen MR) is 93.5 cm³/mol. The van der Waals surface area contributed by atoms with Crippen molar-refractivity contribution in [2.75, 3.05) is 33.1 Å². The number of methoxy groups -OCH3 is 2. The van der Waals surface area contributed by atoms with Gasteiger partial charge in [0.15, 0.2) is 0 Å². The zero-order valence-corrected chi connectivity index (χ0v) is 14.5. The third-order valence-electron chi connectivity index (χ3n) is 4.48. The topological polar surface area (TPSA) is 59.5 Å². The smallest absolute Gasteiger partial charge is 0.144 e. The maximum atomic E-state index is 5.53. The van der Waals surface area contributed by atoms with Gasteiger partial charge < -0.3 is 14.8 Å². The minimum atomic E-state index is 0.289. The van der Waals surface area contributed by atoms with E-state index in [4.69, 9.17) is 9.47 Å². The third kappa shape index (κ3) is 3.43. The molecule has 2 aromatic rings. The van der Waals surface area contributed by atoms with Crippen LogP contribution in [0.2, 0.25) is 0 Å². The highest BCUT2D eigenvalue weighted by molar-refractivity contribution is 5.41. The van der Waals surface area contributed by atoms with Crippen molar-refractivity contribution in [3.05, 3.63) is 41.9 Å². The van der Waals surface area contributed by atoms with Crippen LogP contribution in [0.25, 0.3) is 0 Å². The van der Waals surface area contributed by atoms with Crippen molar-refractivity contribution in [1.29, 1.82) is 0 Å². The average molecular weight is 328 g/mol. The highest BCUT2D eigenvalue weighted by atomic mass is 16.5. The highest BCUT2D eigenvalue weighted by Crippen LogP contribution is 2.34. The fraction of sp³-hybridized carbons (Fsp3) is 0.444. The lowest BCUT2D eigenvalue weighted by molar-refractivity contribution is 0.240. The summed E-state index contributed by atoms with van der Waals surface area (Å²) in [7, 11) is 5.22. The number of anilines is 1. The van der Waals surface area contributed by atoms with Gasteiger partial charge in [0.25, 0.3) is 0 Å². The van der Waals surface area contributed by atoms with Crippen molar-refractivity contribution in [2.24, 2.45) is 0 Å². The molecule has 0 spiro atoms. The molecule has 1 aliphatic heterocycles. The van der Waals surface area contributed by atoms with E-state index in [1.165, 1.54) is 0 Å². The van der Waals surface area contributed by atoms with Crippen molar-refractivity contribution in [1.82, 2.24) is 14.9 Å². The molecule has 0 aliphatic carbocycles. The molecule has 1 atom stereocenters. The second-order valence-electron chi connectivity index (χ2n) is 5.89. The van der Waals surface area contributed by atoms with E-state index in [2.05, 4.69) is 26.3 Å². The van der Waals surface area contributed by atoms with Crippen LogP contribution in [-0.4, -0.2) is 42.7 Å². The molecule has 6 nitrogen and oxygen atoms in total. The minimum Gasteiger partial charge on any atom is -0.497 e. The summed E-state index contributed by atoms with van der Waals surface area (Å²) in [6, 6.07) is 6.27. The zero-order valence-electron chi connectivity index (χ0n) is 14.5. The maximum absolute atomic E-state index is 5.53. The number of benzene rings is 1. The Hall–Kier alpha value is -2.34. The summed E-state index contributed by atoms with van der Waals surface area (Å²) in [6.07, 6.45) is 5.87. The van der Waals surface area contributed by atoms with Crippen LogP contribution in [0.3, 0.4) is 0 Å². The molecule has 1 aromatic heterocycles. The molecule has 6 heteroatoms. The van der Waals surface area contributed by atoms with Gasteiger partial charge in [-0.1, -0.05) is 6.07 Å². The van der Waals surface area contributed by atoms with Gasteiger partial charge in [-0.25, -0.2) is 4.98 Å². The summed E-state index contributed by atoms with van der Waals surface area (Å²) in [6.45, 7) is 1.87. The van der Waals surface area contributed by atoms with Gasteiger partial charge in [0.1, 0.15) is 17.3 Å². The molecule has 0 saturated carbocycles. The summed E-state index contributed by atoms with van der Waals surface area (Å²) in [5.74, 6) is 2.47. The first-order valence-corrected chi connectivity index (χ1v) is 8.19. The van der Waals surface area contributed by atoms with Gasteiger partial charge in [-0.05, 0) is 25.5 Å². The van der Waals surface area contributed by atoms with Crippen molar-refractivity contribution >= 4 is 5.82 Å². The van der Waals surface area contributed by atoms with Crippen LogP contribution in [0, 0.1) is 0 Å². The lowest BCUT2D eigenvalue weighted by Crippen LogP contribution is -2.24. The molecule has 3 rings (SSSR count). The van der Waals surface area contributed by atoms with Crippen LogP contribution in [-0.2, 0) is 6.54 Å². The Morgan fingerprint density at radius 3 is 2.88 bits per heavy atom. The van der Waals surface area contributed by atoms with Crippen LogP contribution in [0.4, 0.5) is 5.82 Å². The van der Waals surface area contributed by atoms with Crippen LogP contribution >= 0.6 is 0 Å². The second kappa shape index (κ2) is 7.49. The first-order chi connectivity index (χ1) is 11.7. The fourth-order valence-electron chi connectivity index (χ4n) is 3.21. The van der Waals surface area contributed by atoms with Gasteiger partial charge in [0.2, 0.25) is 0 Å². The molecule has 0 radical (unpaired) electrons. The average Bonchev–Trinajstić information content (AvgIpc) is 3.10. The molecule has 1 fully saturated rings. The number of hydrogen-bond donors (Lipinski definition) is 1. The molecule has 128 valence electrons. The normalized spacial score (nSPS) is 17.7. The second-order valence-corrected chi connectivity index (χ2v) is 5.89. The van der Waals surface area contributed by atoms with Crippen LogP contribution in [0.1, 0.15) is 30.1 Å². The molecule has 1 saturated heterocycles. The highest BCUT2D eigenvalue weighted by Gasteiger charge is 2.28. The van der Waals surface area contributed by atoms with Gasteiger partial charge in [-0.15, -0.1) is 0 Å². The third-order valence-corrected chi connectivity index (χ3v) is 4.48. The summed E-state index contributed by atoms with van der Waals surface area (Å²) < 4.78 is 10.8. The molecule has 1 aromatic carbocycles. The Morgan fingerprint density at radius 1 is 1.25 bits per heavy atom. The lowest BCUT2D eigenvalue weighted by atomic mass is 10.1. The van der Waals surface area contributed by atoms with E-state index < -0.39 is 0 Å². The van der Waals surface area contributed by atoms with Gasteiger partial charge in [0.05, 0.1) is 38.3 Å². The molecule has 0 bridgehead atoms. The number of aromatic nitrogens is 2.